The van der Waals surface area contributed by atoms with Crippen molar-refractivity contribution < 1.29 is 4.74 Å². The molecule has 8 nitrogen and oxygen atoms in total. The van der Waals surface area contributed by atoms with Crippen molar-refractivity contribution in [1.82, 2.24) is 25.0 Å². The SMILES string of the molecule is C=NN(CC(C)C)C(C)NC(=C)C(=NCn1cc(C2=CCCC=C2)c(CC)n1)N1CCOCC1. The number of aliphatic imine (C=N–C) groups is 1. The molecule has 0 radical (unpaired) electrons. The lowest BCUT2D eigenvalue weighted by Crippen LogP contribution is -2.48. The summed E-state index contributed by atoms with van der Waals surface area (Å²) in [5, 5.41) is 14.5. The minimum Gasteiger partial charge on any atom is -0.378 e. The Hall–Kier alpha value is -2.87. The van der Waals surface area contributed by atoms with E-state index in [9.17, 15) is 0 Å². The highest BCUT2D eigenvalue weighted by molar-refractivity contribution is 5.97. The molecule has 3 rings (SSSR count). The standard InChI is InChI=1S/C26H41N7O/c1-7-25-24(23-11-9-8-10-12-23)18-32(30-25)19-28-26(31-13-15-34-16-14-31)21(4)29-22(5)33(27-6)17-20(2)3/h9,11-12,18,20,22,29H,4,6-8,10,13-17,19H2,1-3,5H3. The number of morpholine rings is 1. The van der Waals surface area contributed by atoms with Crippen molar-refractivity contribution in [1.29, 1.82) is 0 Å². The first-order valence-corrected chi connectivity index (χ1v) is 12.4. The van der Waals surface area contributed by atoms with Gasteiger partial charge in [-0.3, -0.25) is 9.69 Å². The maximum Gasteiger partial charge on any atom is 0.148 e. The van der Waals surface area contributed by atoms with Gasteiger partial charge in [0.15, 0.2) is 0 Å². The molecule has 0 bridgehead atoms. The lowest BCUT2D eigenvalue weighted by Gasteiger charge is -2.34. The molecule has 1 fully saturated rings. The summed E-state index contributed by atoms with van der Waals surface area (Å²) in [7, 11) is 0. The largest absolute Gasteiger partial charge is 0.378 e. The van der Waals surface area contributed by atoms with Crippen LogP contribution in [0.15, 0.2) is 46.8 Å². The van der Waals surface area contributed by atoms with Crippen molar-refractivity contribution in [3.8, 4) is 0 Å². The van der Waals surface area contributed by atoms with Gasteiger partial charge in [0, 0.05) is 38.1 Å². The third kappa shape index (κ3) is 6.82. The fourth-order valence-electron chi connectivity index (χ4n) is 4.25. The van der Waals surface area contributed by atoms with Crippen LogP contribution in [0.4, 0.5) is 0 Å². The number of rotatable bonds is 11. The molecule has 2 aliphatic rings. The maximum atomic E-state index is 5.57. The van der Waals surface area contributed by atoms with Crippen LogP contribution in [0.2, 0.25) is 0 Å². The number of aromatic nitrogens is 2. The molecule has 8 heteroatoms. The van der Waals surface area contributed by atoms with Crippen LogP contribution >= 0.6 is 0 Å². The Morgan fingerprint density at radius 3 is 2.65 bits per heavy atom. The maximum absolute atomic E-state index is 5.57. The van der Waals surface area contributed by atoms with Gasteiger partial charge < -0.3 is 15.0 Å². The van der Waals surface area contributed by atoms with Crippen molar-refractivity contribution in [3.63, 3.8) is 0 Å². The highest BCUT2D eigenvalue weighted by Gasteiger charge is 2.21. The molecule has 1 saturated heterocycles. The van der Waals surface area contributed by atoms with E-state index in [0.717, 1.165) is 56.1 Å². The van der Waals surface area contributed by atoms with Crippen LogP contribution in [-0.2, 0) is 17.8 Å². The summed E-state index contributed by atoms with van der Waals surface area (Å²) in [6, 6.07) is 0. The van der Waals surface area contributed by atoms with Gasteiger partial charge in [-0.05, 0) is 37.7 Å². The minimum atomic E-state index is -0.0494. The van der Waals surface area contributed by atoms with Gasteiger partial charge in [0.1, 0.15) is 18.7 Å². The van der Waals surface area contributed by atoms with Crippen molar-refractivity contribution >= 4 is 18.1 Å². The molecule has 2 heterocycles. The second kappa shape index (κ2) is 12.6. The molecule has 1 N–H and O–H groups in total. The number of hydrazone groups is 1. The Morgan fingerprint density at radius 1 is 1.26 bits per heavy atom. The average molecular weight is 468 g/mol. The van der Waals surface area contributed by atoms with Crippen LogP contribution < -0.4 is 5.32 Å². The van der Waals surface area contributed by atoms with E-state index >= 15 is 0 Å². The van der Waals surface area contributed by atoms with E-state index in [1.165, 1.54) is 11.1 Å². The summed E-state index contributed by atoms with van der Waals surface area (Å²) in [6.07, 6.45) is 11.9. The molecule has 1 aliphatic carbocycles. The normalized spacial score (nSPS) is 17.5. The van der Waals surface area contributed by atoms with E-state index in [1.807, 2.05) is 9.69 Å². The van der Waals surface area contributed by atoms with Gasteiger partial charge in [-0.25, -0.2) is 4.99 Å². The van der Waals surface area contributed by atoms with Crippen LogP contribution in [0.3, 0.4) is 0 Å². The molecule has 1 aromatic rings. The monoisotopic (exact) mass is 467 g/mol. The molecule has 1 aliphatic heterocycles. The van der Waals surface area contributed by atoms with Crippen molar-refractivity contribution in [2.75, 3.05) is 32.8 Å². The van der Waals surface area contributed by atoms with Gasteiger partial charge in [-0.1, -0.05) is 45.6 Å². The quantitative estimate of drug-likeness (QED) is 0.231. The fraction of sp³-hybridized carbons (Fsp3) is 0.577. The van der Waals surface area contributed by atoms with E-state index in [-0.39, 0.29) is 6.17 Å². The topological polar surface area (TPSA) is 70.3 Å². The number of amidine groups is 1. The third-order valence-corrected chi connectivity index (χ3v) is 5.99. The molecule has 0 spiro atoms. The van der Waals surface area contributed by atoms with E-state index in [1.54, 1.807) is 0 Å². The highest BCUT2D eigenvalue weighted by atomic mass is 16.5. The summed E-state index contributed by atoms with van der Waals surface area (Å²) in [6.45, 7) is 20.8. The molecular formula is C26H41N7O. The Kier molecular flexibility index (Phi) is 9.51. The minimum absolute atomic E-state index is 0.0494. The first-order valence-electron chi connectivity index (χ1n) is 12.4. The summed E-state index contributed by atoms with van der Waals surface area (Å²) in [4.78, 5) is 7.21. The first-order chi connectivity index (χ1) is 16.4. The molecule has 1 atom stereocenters. The molecule has 1 unspecified atom stereocenters. The smallest absolute Gasteiger partial charge is 0.148 e. The summed E-state index contributed by atoms with van der Waals surface area (Å²) >= 11 is 0. The van der Waals surface area contributed by atoms with E-state index < -0.39 is 0 Å². The Bertz CT molecular complexity index is 922. The third-order valence-electron chi connectivity index (χ3n) is 5.99. The van der Waals surface area contributed by atoms with Gasteiger partial charge in [0.05, 0.1) is 24.6 Å². The Morgan fingerprint density at radius 2 is 2.03 bits per heavy atom. The molecule has 1 aromatic heterocycles. The zero-order valence-electron chi connectivity index (χ0n) is 21.3. The second-order valence-electron chi connectivity index (χ2n) is 9.20. The molecule has 34 heavy (non-hydrogen) atoms. The Labute approximate surface area is 204 Å². The van der Waals surface area contributed by atoms with Crippen LogP contribution in [0.5, 0.6) is 0 Å². The highest BCUT2D eigenvalue weighted by Crippen LogP contribution is 2.24. The predicted molar refractivity (Wildman–Crippen MR) is 141 cm³/mol. The zero-order valence-corrected chi connectivity index (χ0v) is 21.3. The number of hydrogen-bond acceptors (Lipinski definition) is 6. The number of ether oxygens (including phenoxy) is 1. The van der Waals surface area contributed by atoms with E-state index in [0.29, 0.717) is 25.8 Å². The predicted octanol–water partition coefficient (Wildman–Crippen LogP) is 3.89. The summed E-state index contributed by atoms with van der Waals surface area (Å²) in [5.74, 6) is 1.32. The molecule has 0 aromatic carbocycles. The van der Waals surface area contributed by atoms with Crippen LogP contribution in [0.1, 0.15) is 51.8 Å². The summed E-state index contributed by atoms with van der Waals surface area (Å²) in [5.41, 5.74) is 4.34. The molecular weight excluding hydrogens is 426 g/mol. The number of aryl methyl sites for hydroxylation is 1. The second-order valence-corrected chi connectivity index (χ2v) is 9.20. The lowest BCUT2D eigenvalue weighted by atomic mass is 9.99. The lowest BCUT2D eigenvalue weighted by molar-refractivity contribution is 0.0676. The van der Waals surface area contributed by atoms with E-state index in [4.69, 9.17) is 14.8 Å². The van der Waals surface area contributed by atoms with Gasteiger partial charge in [0.2, 0.25) is 0 Å². The van der Waals surface area contributed by atoms with Crippen molar-refractivity contribution in [2.24, 2.45) is 16.0 Å². The molecule has 0 amide bonds. The van der Waals surface area contributed by atoms with E-state index in [2.05, 4.69) is 80.7 Å². The first kappa shape index (κ1) is 25.7. The average Bonchev–Trinajstić information content (AvgIpc) is 3.27. The van der Waals surface area contributed by atoms with Crippen molar-refractivity contribution in [2.45, 2.75) is 59.8 Å². The molecule has 0 saturated carbocycles. The van der Waals surface area contributed by atoms with Gasteiger partial charge in [-0.2, -0.15) is 10.2 Å². The number of nitrogens with one attached hydrogen (secondary N) is 1. The van der Waals surface area contributed by atoms with Crippen molar-refractivity contribution in [3.05, 3.63) is 48.0 Å². The molecule has 186 valence electrons. The number of hydrogen-bond donors (Lipinski definition) is 1. The van der Waals surface area contributed by atoms with Gasteiger partial charge >= 0.3 is 0 Å². The van der Waals surface area contributed by atoms with Crippen LogP contribution in [0.25, 0.3) is 5.57 Å². The number of allylic oxidation sites excluding steroid dienone is 4. The Balaban J connectivity index is 1.79. The number of nitrogens with zero attached hydrogens (tertiary/aromatic N) is 6. The fourth-order valence-corrected chi connectivity index (χ4v) is 4.25. The zero-order chi connectivity index (χ0) is 24.5. The summed E-state index contributed by atoms with van der Waals surface area (Å²) < 4.78 is 7.50. The van der Waals surface area contributed by atoms with Gasteiger partial charge in [-0.15, -0.1) is 0 Å². The van der Waals surface area contributed by atoms with Crippen LogP contribution in [-0.4, -0.2) is 71.3 Å². The van der Waals surface area contributed by atoms with Gasteiger partial charge in [0.25, 0.3) is 0 Å². The van der Waals surface area contributed by atoms with Crippen LogP contribution in [0, 0.1) is 5.92 Å².